The predicted octanol–water partition coefficient (Wildman–Crippen LogP) is 5.50. The summed E-state index contributed by atoms with van der Waals surface area (Å²) in [5.41, 5.74) is 2.55. The van der Waals surface area contributed by atoms with Crippen LogP contribution in [0.1, 0.15) is 74.6 Å². The van der Waals surface area contributed by atoms with E-state index in [1.807, 2.05) is 24.3 Å². The molecular weight excluding hydrogens is 360 g/mol. The van der Waals surface area contributed by atoms with E-state index in [2.05, 4.69) is 27.9 Å². The van der Waals surface area contributed by atoms with E-state index in [1.54, 1.807) is 18.3 Å². The number of amides is 1. The number of carbonyl (C=O) groups excluding carboxylic acids is 1. The Morgan fingerprint density at radius 2 is 1.66 bits per heavy atom. The average molecular weight is 393 g/mol. The first-order valence-corrected chi connectivity index (χ1v) is 10.9. The lowest BCUT2D eigenvalue weighted by atomic mass is 10.1. The van der Waals surface area contributed by atoms with Crippen LogP contribution >= 0.6 is 0 Å². The number of unbranched alkanes of at least 4 members (excludes halogenated alkanes) is 7. The molecule has 0 radical (unpaired) electrons. The Kier molecular flexibility index (Phi) is 8.23. The molecule has 0 aliphatic heterocycles. The molecule has 3 rings (SSSR count). The normalized spacial score (nSPS) is 11.1. The van der Waals surface area contributed by atoms with Gasteiger partial charge in [0.1, 0.15) is 11.5 Å². The maximum Gasteiger partial charge on any atom is 0.270 e. The van der Waals surface area contributed by atoms with Crippen LogP contribution in [0, 0.1) is 0 Å². The van der Waals surface area contributed by atoms with Crippen molar-refractivity contribution < 1.29 is 4.79 Å². The number of nitrogens with zero attached hydrogens (tertiary/aromatic N) is 3. The van der Waals surface area contributed by atoms with E-state index in [0.29, 0.717) is 12.2 Å². The fourth-order valence-corrected chi connectivity index (χ4v) is 3.66. The van der Waals surface area contributed by atoms with Gasteiger partial charge in [-0.25, -0.2) is 4.98 Å². The molecule has 0 aliphatic carbocycles. The second-order valence-electron chi connectivity index (χ2n) is 7.54. The van der Waals surface area contributed by atoms with E-state index in [0.717, 1.165) is 29.8 Å². The van der Waals surface area contributed by atoms with Crippen molar-refractivity contribution in [2.75, 3.05) is 0 Å². The Morgan fingerprint density at radius 3 is 2.41 bits per heavy atom. The minimum Gasteiger partial charge on any atom is -0.343 e. The van der Waals surface area contributed by atoms with E-state index in [9.17, 15) is 4.79 Å². The van der Waals surface area contributed by atoms with Crippen LogP contribution in [0.5, 0.6) is 0 Å². The smallest absolute Gasteiger partial charge is 0.270 e. The molecule has 29 heavy (non-hydrogen) atoms. The molecule has 5 heteroatoms. The van der Waals surface area contributed by atoms with Crippen LogP contribution in [0.15, 0.2) is 48.7 Å². The van der Waals surface area contributed by atoms with Gasteiger partial charge in [-0.05, 0) is 30.7 Å². The molecule has 0 spiro atoms. The van der Waals surface area contributed by atoms with Crippen LogP contribution in [0.3, 0.4) is 0 Å². The Balaban J connectivity index is 1.57. The molecule has 2 aromatic heterocycles. The lowest BCUT2D eigenvalue weighted by molar-refractivity contribution is 0.0944. The fourth-order valence-electron chi connectivity index (χ4n) is 3.66. The molecule has 1 N–H and O–H groups in total. The highest BCUT2D eigenvalue weighted by Crippen LogP contribution is 2.18. The Hall–Kier alpha value is -2.69. The van der Waals surface area contributed by atoms with Crippen molar-refractivity contribution in [3.63, 3.8) is 0 Å². The standard InChI is InChI=1S/C24H32N4O/c1-2-3-4-5-6-7-8-13-18-28-22-16-10-9-14-20(22)27-23(28)19-26-24(29)21-15-11-12-17-25-21/h9-12,14-17H,2-8,13,18-19H2,1H3,(H,26,29). The number of para-hydroxylation sites is 2. The molecule has 3 aromatic rings. The third-order valence-corrected chi connectivity index (χ3v) is 5.27. The highest BCUT2D eigenvalue weighted by atomic mass is 16.1. The topological polar surface area (TPSA) is 59.8 Å². The van der Waals surface area contributed by atoms with Crippen LogP contribution in [0.4, 0.5) is 0 Å². The molecule has 0 bridgehead atoms. The van der Waals surface area contributed by atoms with Gasteiger partial charge in [0.2, 0.25) is 0 Å². The lowest BCUT2D eigenvalue weighted by Crippen LogP contribution is -2.25. The summed E-state index contributed by atoms with van der Waals surface area (Å²) in [5, 5.41) is 2.96. The molecular formula is C24H32N4O. The van der Waals surface area contributed by atoms with Gasteiger partial charge in [0.25, 0.3) is 5.91 Å². The van der Waals surface area contributed by atoms with E-state index >= 15 is 0 Å². The molecule has 154 valence electrons. The van der Waals surface area contributed by atoms with Crippen LogP contribution in [-0.4, -0.2) is 20.4 Å². The largest absolute Gasteiger partial charge is 0.343 e. The van der Waals surface area contributed by atoms with Crippen LogP contribution in [-0.2, 0) is 13.1 Å². The first-order chi connectivity index (χ1) is 14.3. The number of hydrogen-bond donors (Lipinski definition) is 1. The lowest BCUT2D eigenvalue weighted by Gasteiger charge is -2.10. The van der Waals surface area contributed by atoms with Crippen molar-refractivity contribution in [2.45, 2.75) is 71.4 Å². The van der Waals surface area contributed by atoms with Crippen molar-refractivity contribution in [1.82, 2.24) is 19.9 Å². The number of nitrogens with one attached hydrogen (secondary N) is 1. The molecule has 0 fully saturated rings. The second-order valence-corrected chi connectivity index (χ2v) is 7.54. The average Bonchev–Trinajstić information content (AvgIpc) is 3.12. The van der Waals surface area contributed by atoms with Crippen molar-refractivity contribution >= 4 is 16.9 Å². The zero-order chi connectivity index (χ0) is 20.3. The zero-order valence-electron chi connectivity index (χ0n) is 17.4. The summed E-state index contributed by atoms with van der Waals surface area (Å²) in [6, 6.07) is 13.5. The summed E-state index contributed by atoms with van der Waals surface area (Å²) >= 11 is 0. The first kappa shape index (κ1) is 21.0. The number of pyridine rings is 1. The van der Waals surface area contributed by atoms with Gasteiger partial charge in [-0.1, -0.05) is 70.1 Å². The molecule has 0 saturated carbocycles. The highest BCUT2D eigenvalue weighted by Gasteiger charge is 2.12. The van der Waals surface area contributed by atoms with Gasteiger partial charge in [0, 0.05) is 12.7 Å². The van der Waals surface area contributed by atoms with Crippen molar-refractivity contribution in [3.8, 4) is 0 Å². The number of imidazole rings is 1. The van der Waals surface area contributed by atoms with Gasteiger partial charge in [-0.3, -0.25) is 9.78 Å². The quantitative estimate of drug-likeness (QED) is 0.414. The third-order valence-electron chi connectivity index (χ3n) is 5.27. The number of benzene rings is 1. The number of aromatic nitrogens is 3. The Labute approximate surface area is 173 Å². The third kappa shape index (κ3) is 6.14. The number of rotatable bonds is 12. The molecule has 0 atom stereocenters. The molecule has 0 saturated heterocycles. The number of carbonyl (C=O) groups is 1. The maximum atomic E-state index is 12.3. The van der Waals surface area contributed by atoms with Gasteiger partial charge in [-0.15, -0.1) is 0 Å². The summed E-state index contributed by atoms with van der Waals surface area (Å²) in [6.07, 6.45) is 12.0. The Bertz CT molecular complexity index is 888. The van der Waals surface area contributed by atoms with E-state index in [-0.39, 0.29) is 5.91 Å². The SMILES string of the molecule is CCCCCCCCCCn1c(CNC(=O)c2ccccn2)nc2ccccc21. The molecule has 1 aromatic carbocycles. The van der Waals surface area contributed by atoms with Crippen molar-refractivity contribution in [3.05, 3.63) is 60.2 Å². The van der Waals surface area contributed by atoms with Crippen LogP contribution < -0.4 is 5.32 Å². The minimum absolute atomic E-state index is 0.170. The maximum absolute atomic E-state index is 12.3. The molecule has 0 unspecified atom stereocenters. The van der Waals surface area contributed by atoms with Crippen molar-refractivity contribution in [1.29, 1.82) is 0 Å². The predicted molar refractivity (Wildman–Crippen MR) is 118 cm³/mol. The van der Waals surface area contributed by atoms with Crippen LogP contribution in [0.2, 0.25) is 0 Å². The fraction of sp³-hybridized carbons (Fsp3) is 0.458. The second kappa shape index (κ2) is 11.3. The van der Waals surface area contributed by atoms with Gasteiger partial charge < -0.3 is 9.88 Å². The van der Waals surface area contributed by atoms with Gasteiger partial charge in [-0.2, -0.15) is 0 Å². The number of hydrogen-bond acceptors (Lipinski definition) is 3. The molecule has 0 aliphatic rings. The molecule has 5 nitrogen and oxygen atoms in total. The molecule has 1 amide bonds. The zero-order valence-corrected chi connectivity index (χ0v) is 17.4. The number of aryl methyl sites for hydroxylation is 1. The van der Waals surface area contributed by atoms with E-state index < -0.39 is 0 Å². The molecule has 2 heterocycles. The van der Waals surface area contributed by atoms with Crippen molar-refractivity contribution in [2.24, 2.45) is 0 Å². The van der Waals surface area contributed by atoms with Gasteiger partial charge in [0.15, 0.2) is 0 Å². The summed E-state index contributed by atoms with van der Waals surface area (Å²) in [7, 11) is 0. The van der Waals surface area contributed by atoms with Gasteiger partial charge >= 0.3 is 0 Å². The first-order valence-electron chi connectivity index (χ1n) is 10.9. The summed E-state index contributed by atoms with van der Waals surface area (Å²) < 4.78 is 2.26. The van der Waals surface area contributed by atoms with E-state index in [4.69, 9.17) is 4.98 Å². The highest BCUT2D eigenvalue weighted by molar-refractivity contribution is 5.92. The summed E-state index contributed by atoms with van der Waals surface area (Å²) in [6.45, 7) is 3.59. The van der Waals surface area contributed by atoms with Crippen LogP contribution in [0.25, 0.3) is 11.0 Å². The Morgan fingerprint density at radius 1 is 0.931 bits per heavy atom. The van der Waals surface area contributed by atoms with E-state index in [1.165, 1.54) is 44.9 Å². The van der Waals surface area contributed by atoms with Gasteiger partial charge in [0.05, 0.1) is 17.6 Å². The summed E-state index contributed by atoms with van der Waals surface area (Å²) in [5.74, 6) is 0.731. The summed E-state index contributed by atoms with van der Waals surface area (Å²) in [4.78, 5) is 21.2. The number of fused-ring (bicyclic) bond motifs is 1. The monoisotopic (exact) mass is 392 g/mol. The minimum atomic E-state index is -0.170.